The van der Waals surface area contributed by atoms with Crippen molar-refractivity contribution in [2.45, 2.75) is 26.0 Å². The van der Waals surface area contributed by atoms with E-state index >= 15 is 0 Å². The molecule has 0 unspecified atom stereocenters. The Bertz CT molecular complexity index is 776. The van der Waals surface area contributed by atoms with Gasteiger partial charge in [0.15, 0.2) is 0 Å². The van der Waals surface area contributed by atoms with Crippen LogP contribution in [-0.4, -0.2) is 47.2 Å². The molecule has 1 aliphatic rings. The fraction of sp³-hybridized carbons (Fsp3) is 0.300. The molecule has 1 heterocycles. The van der Waals surface area contributed by atoms with Crippen LogP contribution < -0.4 is 9.64 Å². The second-order valence-electron chi connectivity index (χ2n) is 6.39. The topological polar surface area (TPSA) is 70.1 Å². The minimum atomic E-state index is -0.966. The predicted molar refractivity (Wildman–Crippen MR) is 98.2 cm³/mol. The molecule has 0 radical (unpaired) electrons. The summed E-state index contributed by atoms with van der Waals surface area (Å²) in [6, 6.07) is 15.5. The molecule has 6 nitrogen and oxygen atoms in total. The van der Waals surface area contributed by atoms with Gasteiger partial charge >= 0.3 is 6.03 Å². The molecular formula is C20H22N2O4. The Morgan fingerprint density at radius 1 is 1.08 bits per heavy atom. The first kappa shape index (κ1) is 17.9. The number of imide groups is 1. The summed E-state index contributed by atoms with van der Waals surface area (Å²) < 4.78 is 5.53. The summed E-state index contributed by atoms with van der Waals surface area (Å²) in [4.78, 5) is 27.6. The van der Waals surface area contributed by atoms with Gasteiger partial charge in [-0.05, 0) is 38.1 Å². The van der Waals surface area contributed by atoms with Crippen LogP contribution in [0, 0.1) is 6.92 Å². The van der Waals surface area contributed by atoms with Crippen LogP contribution in [-0.2, 0) is 4.79 Å². The van der Waals surface area contributed by atoms with Gasteiger partial charge in [0, 0.05) is 5.69 Å². The van der Waals surface area contributed by atoms with E-state index < -0.39 is 18.2 Å². The van der Waals surface area contributed by atoms with Crippen LogP contribution in [0.1, 0.15) is 12.5 Å². The Labute approximate surface area is 152 Å². The van der Waals surface area contributed by atoms with Crippen LogP contribution in [0.15, 0.2) is 54.6 Å². The van der Waals surface area contributed by atoms with Gasteiger partial charge < -0.3 is 9.84 Å². The van der Waals surface area contributed by atoms with Gasteiger partial charge in [0.2, 0.25) is 0 Å². The van der Waals surface area contributed by atoms with Gasteiger partial charge in [-0.2, -0.15) is 0 Å². The Balaban J connectivity index is 1.62. The molecule has 26 heavy (non-hydrogen) atoms. The minimum Gasteiger partial charge on any atom is -0.491 e. The number of hydrogen-bond acceptors (Lipinski definition) is 4. The van der Waals surface area contributed by atoms with Crippen molar-refractivity contribution in [2.75, 3.05) is 18.1 Å². The normalized spacial score (nSPS) is 18.3. The van der Waals surface area contributed by atoms with E-state index in [0.717, 1.165) is 10.5 Å². The van der Waals surface area contributed by atoms with Gasteiger partial charge in [-0.1, -0.05) is 35.9 Å². The third kappa shape index (κ3) is 3.70. The summed E-state index contributed by atoms with van der Waals surface area (Å²) in [5.41, 5.74) is 1.77. The minimum absolute atomic E-state index is 0.000160. The second-order valence-corrected chi connectivity index (χ2v) is 6.39. The molecule has 3 amide bonds. The van der Waals surface area contributed by atoms with Gasteiger partial charge in [0.1, 0.15) is 24.5 Å². The van der Waals surface area contributed by atoms with Crippen molar-refractivity contribution in [2.24, 2.45) is 0 Å². The van der Waals surface area contributed by atoms with Gasteiger partial charge in [-0.15, -0.1) is 0 Å². The van der Waals surface area contributed by atoms with Crippen LogP contribution in [0.3, 0.4) is 0 Å². The van der Waals surface area contributed by atoms with Gasteiger partial charge in [0.25, 0.3) is 5.91 Å². The lowest BCUT2D eigenvalue weighted by Gasteiger charge is -2.20. The molecule has 2 aromatic carbocycles. The molecule has 0 saturated carbocycles. The number of para-hydroxylation sites is 1. The van der Waals surface area contributed by atoms with Crippen molar-refractivity contribution < 1.29 is 19.4 Å². The highest BCUT2D eigenvalue weighted by molar-refractivity contribution is 6.14. The molecule has 6 heteroatoms. The van der Waals surface area contributed by atoms with Crippen LogP contribution in [0.25, 0.3) is 0 Å². The van der Waals surface area contributed by atoms with Crippen molar-refractivity contribution in [3.8, 4) is 5.75 Å². The highest BCUT2D eigenvalue weighted by Gasteiger charge is 2.43. The molecule has 0 spiro atoms. The first-order valence-corrected chi connectivity index (χ1v) is 8.54. The highest BCUT2D eigenvalue weighted by atomic mass is 16.5. The average molecular weight is 354 g/mol. The fourth-order valence-electron chi connectivity index (χ4n) is 2.91. The third-order valence-corrected chi connectivity index (χ3v) is 4.34. The Morgan fingerprint density at radius 3 is 2.38 bits per heavy atom. The zero-order chi connectivity index (χ0) is 18.7. The molecule has 1 aliphatic heterocycles. The number of carbonyl (C=O) groups is 2. The lowest BCUT2D eigenvalue weighted by Crippen LogP contribution is -2.40. The molecule has 3 rings (SSSR count). The number of anilines is 1. The molecule has 1 saturated heterocycles. The van der Waals surface area contributed by atoms with E-state index in [1.54, 1.807) is 19.1 Å². The number of ether oxygens (including phenoxy) is 1. The molecule has 1 fully saturated rings. The Hall–Kier alpha value is -2.86. The summed E-state index contributed by atoms with van der Waals surface area (Å²) in [5, 5.41) is 10.2. The maximum absolute atomic E-state index is 12.7. The molecule has 0 bridgehead atoms. The Morgan fingerprint density at radius 2 is 1.73 bits per heavy atom. The standard InChI is InChI=1S/C20H22N2O4/c1-14-8-10-18(11-9-14)26-13-17(23)12-21-19(24)15(2)22(20(21)25)16-6-4-3-5-7-16/h3-11,15,17,23H,12-13H2,1-2H3/t15-,17+/m1/s1. The summed E-state index contributed by atoms with van der Waals surface area (Å²) in [7, 11) is 0. The quantitative estimate of drug-likeness (QED) is 0.810. The van der Waals surface area contributed by atoms with Crippen molar-refractivity contribution >= 4 is 17.6 Å². The number of carbonyl (C=O) groups excluding carboxylic acids is 2. The monoisotopic (exact) mass is 354 g/mol. The predicted octanol–water partition coefficient (Wildman–Crippen LogP) is 2.59. The van der Waals surface area contributed by atoms with Crippen LogP contribution in [0.4, 0.5) is 10.5 Å². The lowest BCUT2D eigenvalue weighted by molar-refractivity contribution is -0.128. The van der Waals surface area contributed by atoms with E-state index in [9.17, 15) is 14.7 Å². The van der Waals surface area contributed by atoms with E-state index in [1.807, 2.05) is 49.4 Å². The fourth-order valence-corrected chi connectivity index (χ4v) is 2.91. The van der Waals surface area contributed by atoms with Crippen molar-refractivity contribution in [1.29, 1.82) is 0 Å². The smallest absolute Gasteiger partial charge is 0.332 e. The van der Waals surface area contributed by atoms with Crippen molar-refractivity contribution in [3.05, 3.63) is 60.2 Å². The molecule has 2 aromatic rings. The molecule has 2 atom stereocenters. The number of urea groups is 1. The van der Waals surface area contributed by atoms with Gasteiger partial charge in [-0.3, -0.25) is 14.6 Å². The number of hydrogen-bond donors (Lipinski definition) is 1. The number of aliphatic hydroxyl groups excluding tert-OH is 1. The number of β-amino-alcohol motifs (C(OH)–C–C–N with tert-alkyl or cyclic N) is 1. The second kappa shape index (κ2) is 7.58. The largest absolute Gasteiger partial charge is 0.491 e. The average Bonchev–Trinajstić information content (AvgIpc) is 2.85. The van der Waals surface area contributed by atoms with E-state index in [1.165, 1.54) is 4.90 Å². The zero-order valence-corrected chi connectivity index (χ0v) is 14.8. The number of aliphatic hydroxyl groups is 1. The Kier molecular flexibility index (Phi) is 5.23. The maximum atomic E-state index is 12.7. The SMILES string of the molecule is Cc1ccc(OC[C@@H](O)CN2C(=O)[C@@H](C)N(c3ccccc3)C2=O)cc1. The summed E-state index contributed by atoms with van der Waals surface area (Å²) >= 11 is 0. The molecular weight excluding hydrogens is 332 g/mol. The van der Waals surface area contributed by atoms with Crippen LogP contribution in [0.2, 0.25) is 0 Å². The molecule has 136 valence electrons. The van der Waals surface area contributed by atoms with E-state index in [2.05, 4.69) is 0 Å². The molecule has 0 aliphatic carbocycles. The number of rotatable bonds is 6. The number of nitrogens with zero attached hydrogens (tertiary/aromatic N) is 2. The first-order valence-electron chi connectivity index (χ1n) is 8.54. The van der Waals surface area contributed by atoms with E-state index in [-0.39, 0.29) is 19.1 Å². The van der Waals surface area contributed by atoms with Crippen LogP contribution >= 0.6 is 0 Å². The van der Waals surface area contributed by atoms with Gasteiger partial charge in [-0.25, -0.2) is 4.79 Å². The maximum Gasteiger partial charge on any atom is 0.332 e. The first-order chi connectivity index (χ1) is 12.5. The lowest BCUT2D eigenvalue weighted by atomic mass is 10.2. The summed E-state index contributed by atoms with van der Waals surface area (Å²) in [6.45, 7) is 3.56. The van der Waals surface area contributed by atoms with E-state index in [0.29, 0.717) is 11.4 Å². The summed E-state index contributed by atoms with van der Waals surface area (Å²) in [6.07, 6.45) is -0.966. The zero-order valence-electron chi connectivity index (χ0n) is 14.8. The van der Waals surface area contributed by atoms with E-state index in [4.69, 9.17) is 4.74 Å². The number of amides is 3. The van der Waals surface area contributed by atoms with Gasteiger partial charge in [0.05, 0.1) is 6.54 Å². The van der Waals surface area contributed by atoms with Crippen molar-refractivity contribution in [3.63, 3.8) is 0 Å². The van der Waals surface area contributed by atoms with Crippen molar-refractivity contribution in [1.82, 2.24) is 4.90 Å². The molecule has 1 N–H and O–H groups in total. The molecule has 0 aromatic heterocycles. The highest BCUT2D eigenvalue weighted by Crippen LogP contribution is 2.25. The summed E-state index contributed by atoms with van der Waals surface area (Å²) in [5.74, 6) is 0.307. The number of benzene rings is 2. The van der Waals surface area contributed by atoms with Crippen LogP contribution in [0.5, 0.6) is 5.75 Å². The number of aryl methyl sites for hydroxylation is 1. The third-order valence-electron chi connectivity index (χ3n) is 4.34.